The number of carboxylic acids is 1. The number of hydrogen-bond donors (Lipinski definition) is 2. The largest absolute Gasteiger partial charge is 0.477 e. The van der Waals surface area contributed by atoms with E-state index in [1.165, 1.54) is 6.07 Å². The molecular formula is C16H13Cl2NO4S3. The molecule has 0 saturated carbocycles. The Morgan fingerprint density at radius 1 is 1.27 bits per heavy atom. The number of rotatable bonds is 5. The minimum Gasteiger partial charge on any atom is -0.477 e. The van der Waals surface area contributed by atoms with E-state index in [-0.39, 0.29) is 35.8 Å². The number of aliphatic carboxylic acids is 1. The summed E-state index contributed by atoms with van der Waals surface area (Å²) in [6.45, 7) is 1.96. The fourth-order valence-electron chi connectivity index (χ4n) is 2.49. The van der Waals surface area contributed by atoms with Crippen LogP contribution >= 0.6 is 46.3 Å². The number of halogens is 2. The van der Waals surface area contributed by atoms with Gasteiger partial charge in [-0.05, 0) is 18.6 Å². The zero-order valence-corrected chi connectivity index (χ0v) is 17.3. The smallest absolute Gasteiger partial charge is 0.344 e. The van der Waals surface area contributed by atoms with Gasteiger partial charge in [0.05, 0.1) is 4.34 Å². The van der Waals surface area contributed by atoms with E-state index in [4.69, 9.17) is 23.2 Å². The summed E-state index contributed by atoms with van der Waals surface area (Å²) in [5, 5.41) is 9.28. The minimum absolute atomic E-state index is 0.0170. The molecule has 5 nitrogen and oxygen atoms in total. The number of carboxylic acid groups (broad SMARTS) is 1. The topological polar surface area (TPSA) is 83.5 Å². The fraction of sp³-hybridized carbons (Fsp3) is 0.188. The Morgan fingerprint density at radius 2 is 1.92 bits per heavy atom. The van der Waals surface area contributed by atoms with Gasteiger partial charge in [0.15, 0.2) is 0 Å². The first kappa shape index (κ1) is 19.6. The van der Waals surface area contributed by atoms with Gasteiger partial charge in [-0.15, -0.1) is 23.1 Å². The molecule has 1 aliphatic rings. The zero-order valence-electron chi connectivity index (χ0n) is 13.3. The molecule has 0 aliphatic carbocycles. The summed E-state index contributed by atoms with van der Waals surface area (Å²) < 4.78 is 27.8. The van der Waals surface area contributed by atoms with E-state index in [1.807, 2.05) is 31.2 Å². The van der Waals surface area contributed by atoms with Crippen LogP contribution in [0, 0.1) is 6.92 Å². The van der Waals surface area contributed by atoms with Gasteiger partial charge in [-0.25, -0.2) is 13.2 Å². The highest BCUT2D eigenvalue weighted by Gasteiger charge is 2.33. The molecule has 0 bridgehead atoms. The van der Waals surface area contributed by atoms with Crippen LogP contribution in [0.2, 0.25) is 8.67 Å². The van der Waals surface area contributed by atoms with E-state index < -0.39 is 16.0 Å². The molecule has 1 aliphatic heterocycles. The van der Waals surface area contributed by atoms with Gasteiger partial charge < -0.3 is 5.11 Å². The molecule has 0 radical (unpaired) electrons. The lowest BCUT2D eigenvalue weighted by Crippen LogP contribution is -2.24. The van der Waals surface area contributed by atoms with E-state index in [1.54, 1.807) is 0 Å². The molecule has 3 rings (SSSR count). The highest BCUT2D eigenvalue weighted by molar-refractivity contribution is 8.04. The fourth-order valence-corrected chi connectivity index (χ4v) is 7.04. The molecule has 0 fully saturated rings. The van der Waals surface area contributed by atoms with E-state index in [2.05, 4.69) is 4.72 Å². The lowest BCUT2D eigenvalue weighted by molar-refractivity contribution is -0.131. The van der Waals surface area contributed by atoms with Crippen molar-refractivity contribution in [1.29, 1.82) is 0 Å². The van der Waals surface area contributed by atoms with Gasteiger partial charge in [-0.3, -0.25) is 4.72 Å². The van der Waals surface area contributed by atoms with Gasteiger partial charge in [-0.2, -0.15) is 0 Å². The van der Waals surface area contributed by atoms with Crippen LogP contribution in [0.15, 0.2) is 45.8 Å². The van der Waals surface area contributed by atoms with Crippen molar-refractivity contribution in [3.05, 3.63) is 60.7 Å². The molecule has 10 heteroatoms. The Morgan fingerprint density at radius 3 is 2.46 bits per heavy atom. The summed E-state index contributed by atoms with van der Waals surface area (Å²) >= 11 is 13.8. The van der Waals surface area contributed by atoms with Crippen molar-refractivity contribution in [1.82, 2.24) is 4.72 Å². The van der Waals surface area contributed by atoms with Crippen molar-refractivity contribution in [3.8, 4) is 0 Å². The van der Waals surface area contributed by atoms with Crippen LogP contribution in [0.25, 0.3) is 0 Å². The SMILES string of the molecule is Cc1ccc(C2CC(NS(=O)(=O)c3cc(Cl)sc3Cl)=C(C(=O)O)S2)cc1. The molecule has 2 N–H and O–H groups in total. The summed E-state index contributed by atoms with van der Waals surface area (Å²) in [5.41, 5.74) is 2.17. The number of nitrogens with one attached hydrogen (secondary N) is 1. The van der Waals surface area contributed by atoms with E-state index in [9.17, 15) is 18.3 Å². The van der Waals surface area contributed by atoms with Crippen LogP contribution in [0.4, 0.5) is 0 Å². The van der Waals surface area contributed by atoms with Crippen LogP contribution in [0.3, 0.4) is 0 Å². The van der Waals surface area contributed by atoms with Gasteiger partial charge >= 0.3 is 5.97 Å². The zero-order chi connectivity index (χ0) is 19.1. The average molecular weight is 450 g/mol. The Bertz CT molecular complexity index is 997. The van der Waals surface area contributed by atoms with E-state index in [0.29, 0.717) is 0 Å². The van der Waals surface area contributed by atoms with Gasteiger partial charge in [0.2, 0.25) is 0 Å². The molecule has 0 amide bonds. The Balaban J connectivity index is 1.89. The Kier molecular flexibility index (Phi) is 5.60. The van der Waals surface area contributed by atoms with Crippen LogP contribution < -0.4 is 4.72 Å². The van der Waals surface area contributed by atoms with Crippen molar-refractivity contribution < 1.29 is 18.3 Å². The summed E-state index contributed by atoms with van der Waals surface area (Å²) in [5.74, 6) is -1.17. The van der Waals surface area contributed by atoms with Crippen molar-refractivity contribution in [3.63, 3.8) is 0 Å². The second-order valence-corrected chi connectivity index (χ2v) is 10.8. The van der Waals surface area contributed by atoms with Crippen LogP contribution in [0.1, 0.15) is 22.8 Å². The normalized spacial score (nSPS) is 17.6. The number of sulfonamides is 1. The third-order valence-corrected chi connectivity index (χ3v) is 8.26. The molecule has 0 saturated heterocycles. The summed E-state index contributed by atoms with van der Waals surface area (Å²) in [4.78, 5) is 11.4. The van der Waals surface area contributed by atoms with E-state index >= 15 is 0 Å². The molecule has 1 aromatic carbocycles. The van der Waals surface area contributed by atoms with Gasteiger partial charge in [0, 0.05) is 17.4 Å². The lowest BCUT2D eigenvalue weighted by Gasteiger charge is -2.11. The van der Waals surface area contributed by atoms with Gasteiger partial charge in [-0.1, -0.05) is 53.0 Å². The molecule has 2 aromatic rings. The molecule has 26 heavy (non-hydrogen) atoms. The Hall–Kier alpha value is -1.19. The molecule has 138 valence electrons. The van der Waals surface area contributed by atoms with Crippen molar-refractivity contribution >= 4 is 62.3 Å². The quantitative estimate of drug-likeness (QED) is 0.683. The summed E-state index contributed by atoms with van der Waals surface area (Å²) in [6, 6.07) is 8.95. The summed E-state index contributed by atoms with van der Waals surface area (Å²) in [7, 11) is -4.02. The summed E-state index contributed by atoms with van der Waals surface area (Å²) in [6.07, 6.45) is 0.254. The van der Waals surface area contributed by atoms with Gasteiger partial charge in [0.25, 0.3) is 10.0 Å². The number of thiophene rings is 1. The van der Waals surface area contributed by atoms with Crippen LogP contribution in [-0.4, -0.2) is 19.5 Å². The number of allylic oxidation sites excluding steroid dienone is 1. The lowest BCUT2D eigenvalue weighted by atomic mass is 10.1. The van der Waals surface area contributed by atoms with Crippen LogP contribution in [-0.2, 0) is 14.8 Å². The first-order chi connectivity index (χ1) is 12.2. The number of carbonyl (C=O) groups is 1. The maximum Gasteiger partial charge on any atom is 0.344 e. The highest BCUT2D eigenvalue weighted by Crippen LogP contribution is 2.47. The number of benzene rings is 1. The standard InChI is InChI=1S/C16H13Cl2NO4S3/c1-8-2-4-9(5-3-8)11-6-10(14(24-11)16(20)21)19-26(22,23)12-7-13(17)25-15(12)18/h2-5,7,11,19H,6H2,1H3,(H,20,21). The predicted octanol–water partition coefficient (Wildman–Crippen LogP) is 4.82. The molecule has 2 heterocycles. The van der Waals surface area contributed by atoms with Crippen LogP contribution in [0.5, 0.6) is 0 Å². The van der Waals surface area contributed by atoms with Crippen molar-refractivity contribution in [2.45, 2.75) is 23.5 Å². The average Bonchev–Trinajstić information content (AvgIpc) is 3.11. The van der Waals surface area contributed by atoms with E-state index in [0.717, 1.165) is 34.2 Å². The molecule has 1 unspecified atom stereocenters. The predicted molar refractivity (Wildman–Crippen MR) is 105 cm³/mol. The first-order valence-corrected chi connectivity index (χ1v) is 11.3. The minimum atomic E-state index is -4.02. The van der Waals surface area contributed by atoms with Crippen molar-refractivity contribution in [2.24, 2.45) is 0 Å². The number of hydrogen-bond acceptors (Lipinski definition) is 5. The molecular weight excluding hydrogens is 437 g/mol. The monoisotopic (exact) mass is 449 g/mol. The molecule has 1 atom stereocenters. The second-order valence-electron chi connectivity index (χ2n) is 5.63. The van der Waals surface area contributed by atoms with Gasteiger partial charge in [0.1, 0.15) is 14.1 Å². The first-order valence-electron chi connectivity index (χ1n) is 7.34. The third kappa shape index (κ3) is 4.04. The number of thioether (sulfide) groups is 1. The molecule has 1 aromatic heterocycles. The number of aryl methyl sites for hydroxylation is 1. The highest BCUT2D eigenvalue weighted by atomic mass is 35.5. The van der Waals surface area contributed by atoms with Crippen molar-refractivity contribution in [2.75, 3.05) is 0 Å². The molecule has 0 spiro atoms. The third-order valence-electron chi connectivity index (χ3n) is 3.74. The Labute approximate surface area is 169 Å². The maximum absolute atomic E-state index is 12.6. The second kappa shape index (κ2) is 7.44. The maximum atomic E-state index is 12.6.